The van der Waals surface area contributed by atoms with Crippen LogP contribution in [0.25, 0.3) is 23.2 Å². The molecule has 0 amide bonds. The lowest BCUT2D eigenvalue weighted by molar-refractivity contribution is -0.140. The molecule has 2 heterocycles. The minimum Gasteiger partial charge on any atom is -0.451 e. The minimum atomic E-state index is -0.759. The molecule has 0 aliphatic carbocycles. The lowest BCUT2D eigenvalue weighted by atomic mass is 10.1. The number of esters is 1. The van der Waals surface area contributed by atoms with Gasteiger partial charge in [-0.15, -0.1) is 10.2 Å². The van der Waals surface area contributed by atoms with Crippen LogP contribution in [-0.2, 0) is 16.1 Å². The molecule has 2 aromatic carbocycles. The third-order valence-electron chi connectivity index (χ3n) is 5.01. The smallest absolute Gasteiger partial charge is 0.349 e. The van der Waals surface area contributed by atoms with E-state index >= 15 is 0 Å². The van der Waals surface area contributed by atoms with Crippen molar-refractivity contribution in [1.29, 1.82) is 5.26 Å². The van der Waals surface area contributed by atoms with Crippen LogP contribution in [0, 0.1) is 25.2 Å². The maximum absolute atomic E-state index is 12.5. The van der Waals surface area contributed by atoms with Gasteiger partial charge in [-0.05, 0) is 68.0 Å². The van der Waals surface area contributed by atoms with Crippen molar-refractivity contribution in [2.75, 3.05) is 0 Å². The predicted octanol–water partition coefficient (Wildman–Crippen LogP) is 5.56. The highest BCUT2D eigenvalue weighted by molar-refractivity contribution is 9.10. The highest BCUT2D eigenvalue weighted by atomic mass is 79.9. The van der Waals surface area contributed by atoms with E-state index in [1.807, 2.05) is 80.6 Å². The largest absolute Gasteiger partial charge is 0.451 e. The molecule has 0 saturated carbocycles. The van der Waals surface area contributed by atoms with Gasteiger partial charge in [-0.25, -0.2) is 4.79 Å². The van der Waals surface area contributed by atoms with E-state index in [-0.39, 0.29) is 18.1 Å². The molecule has 0 N–H and O–H groups in total. The number of nitrogens with zero attached hydrogens (tertiary/aromatic N) is 4. The summed E-state index contributed by atoms with van der Waals surface area (Å²) < 4.78 is 13.8. The highest BCUT2D eigenvalue weighted by Gasteiger charge is 2.17. The molecule has 164 valence electrons. The van der Waals surface area contributed by atoms with Crippen molar-refractivity contribution >= 4 is 28.0 Å². The molecule has 0 unspecified atom stereocenters. The van der Waals surface area contributed by atoms with Crippen molar-refractivity contribution < 1.29 is 13.9 Å². The summed E-state index contributed by atoms with van der Waals surface area (Å²) in [6.45, 7) is 3.68. The SMILES string of the molecule is Cc1cc(/C=C(\C#N)C(=O)OCc2nnc(-c3ccccc3)o2)c(C)n1-c1ccc(Br)cc1. The third-order valence-corrected chi connectivity index (χ3v) is 5.54. The first-order chi connectivity index (χ1) is 16.0. The van der Waals surface area contributed by atoms with Gasteiger partial charge in [-0.1, -0.05) is 34.1 Å². The second-order valence-electron chi connectivity index (χ2n) is 7.25. The molecule has 33 heavy (non-hydrogen) atoms. The van der Waals surface area contributed by atoms with Crippen LogP contribution in [0.3, 0.4) is 0 Å². The zero-order chi connectivity index (χ0) is 23.4. The summed E-state index contributed by atoms with van der Waals surface area (Å²) in [5, 5.41) is 17.4. The number of nitriles is 1. The van der Waals surface area contributed by atoms with E-state index in [1.165, 1.54) is 6.08 Å². The number of ether oxygens (including phenoxy) is 1. The highest BCUT2D eigenvalue weighted by Crippen LogP contribution is 2.24. The summed E-state index contributed by atoms with van der Waals surface area (Å²) in [6.07, 6.45) is 1.53. The monoisotopic (exact) mass is 502 g/mol. The average molecular weight is 503 g/mol. The number of rotatable bonds is 6. The molecule has 0 atom stereocenters. The molecule has 0 spiro atoms. The summed E-state index contributed by atoms with van der Waals surface area (Å²) in [5.74, 6) is -0.281. The number of aromatic nitrogens is 3. The van der Waals surface area contributed by atoms with Crippen molar-refractivity contribution in [3.63, 3.8) is 0 Å². The van der Waals surface area contributed by atoms with Crippen LogP contribution in [0.4, 0.5) is 0 Å². The number of aryl methyl sites for hydroxylation is 1. The van der Waals surface area contributed by atoms with Crippen LogP contribution in [0.5, 0.6) is 0 Å². The Morgan fingerprint density at radius 2 is 1.88 bits per heavy atom. The number of hydrogen-bond acceptors (Lipinski definition) is 6. The van der Waals surface area contributed by atoms with E-state index in [2.05, 4.69) is 30.7 Å². The van der Waals surface area contributed by atoms with Crippen molar-refractivity contribution in [2.24, 2.45) is 0 Å². The fraction of sp³-hybridized carbons (Fsp3) is 0.120. The van der Waals surface area contributed by atoms with E-state index in [4.69, 9.17) is 9.15 Å². The third kappa shape index (κ3) is 4.94. The molecule has 0 saturated heterocycles. The molecule has 4 aromatic rings. The fourth-order valence-corrected chi connectivity index (χ4v) is 3.69. The van der Waals surface area contributed by atoms with Gasteiger partial charge >= 0.3 is 5.97 Å². The van der Waals surface area contributed by atoms with E-state index in [0.717, 1.165) is 32.7 Å². The van der Waals surface area contributed by atoms with Crippen molar-refractivity contribution in [1.82, 2.24) is 14.8 Å². The Labute approximate surface area is 199 Å². The van der Waals surface area contributed by atoms with Crippen molar-refractivity contribution in [2.45, 2.75) is 20.5 Å². The summed E-state index contributed by atoms with van der Waals surface area (Å²) in [6, 6.07) is 21.0. The lowest BCUT2D eigenvalue weighted by Gasteiger charge is -2.09. The number of halogens is 1. The summed E-state index contributed by atoms with van der Waals surface area (Å²) in [4.78, 5) is 12.5. The molecule has 2 aromatic heterocycles. The van der Waals surface area contributed by atoms with Crippen LogP contribution in [-0.4, -0.2) is 20.7 Å². The standard InChI is InChI=1S/C25H19BrN4O3/c1-16-12-19(17(2)30(16)22-10-8-21(26)9-11-22)13-20(14-27)25(31)32-15-23-28-29-24(33-23)18-6-4-3-5-7-18/h3-13H,15H2,1-2H3/b20-13+. The van der Waals surface area contributed by atoms with E-state index in [1.54, 1.807) is 0 Å². The van der Waals surface area contributed by atoms with Crippen LogP contribution in [0.2, 0.25) is 0 Å². The van der Waals surface area contributed by atoms with Gasteiger partial charge in [0.2, 0.25) is 5.89 Å². The van der Waals surface area contributed by atoms with E-state index in [9.17, 15) is 10.1 Å². The van der Waals surface area contributed by atoms with Gasteiger partial charge in [0.05, 0.1) is 0 Å². The Kier molecular flexibility index (Phi) is 6.52. The van der Waals surface area contributed by atoms with Crippen molar-refractivity contribution in [3.8, 4) is 23.2 Å². The number of carbonyl (C=O) groups is 1. The summed E-state index contributed by atoms with van der Waals surface area (Å²) in [7, 11) is 0. The summed E-state index contributed by atoms with van der Waals surface area (Å²) in [5.41, 5.74) is 4.27. The zero-order valence-corrected chi connectivity index (χ0v) is 19.5. The van der Waals surface area contributed by atoms with Gasteiger partial charge in [0, 0.05) is 27.1 Å². The van der Waals surface area contributed by atoms with Crippen LogP contribution < -0.4 is 0 Å². The molecule has 0 aliphatic rings. The Morgan fingerprint density at radius 3 is 2.58 bits per heavy atom. The Morgan fingerprint density at radius 1 is 1.15 bits per heavy atom. The predicted molar refractivity (Wildman–Crippen MR) is 126 cm³/mol. The first-order valence-electron chi connectivity index (χ1n) is 10.1. The van der Waals surface area contributed by atoms with Crippen LogP contribution in [0.15, 0.2) is 75.1 Å². The van der Waals surface area contributed by atoms with Crippen LogP contribution >= 0.6 is 15.9 Å². The fourth-order valence-electron chi connectivity index (χ4n) is 3.43. The quantitative estimate of drug-likeness (QED) is 0.194. The molecule has 7 nitrogen and oxygen atoms in total. The normalized spacial score (nSPS) is 11.3. The van der Waals surface area contributed by atoms with Gasteiger partial charge in [-0.3, -0.25) is 0 Å². The molecule has 0 aliphatic heterocycles. The average Bonchev–Trinajstić information content (AvgIpc) is 3.41. The Hall–Kier alpha value is -3.96. The first-order valence-corrected chi connectivity index (χ1v) is 10.9. The Balaban J connectivity index is 1.50. The maximum atomic E-state index is 12.5. The first kappa shape index (κ1) is 22.2. The van der Waals surface area contributed by atoms with Gasteiger partial charge in [0.25, 0.3) is 5.89 Å². The topological polar surface area (TPSA) is 93.9 Å². The lowest BCUT2D eigenvalue weighted by Crippen LogP contribution is -2.07. The molecule has 8 heteroatoms. The van der Waals surface area contributed by atoms with Gasteiger partial charge in [-0.2, -0.15) is 5.26 Å². The zero-order valence-electron chi connectivity index (χ0n) is 17.9. The van der Waals surface area contributed by atoms with Gasteiger partial charge in [0.15, 0.2) is 6.61 Å². The maximum Gasteiger partial charge on any atom is 0.349 e. The molecular weight excluding hydrogens is 484 g/mol. The molecule has 0 fully saturated rings. The second-order valence-corrected chi connectivity index (χ2v) is 8.17. The van der Waals surface area contributed by atoms with E-state index < -0.39 is 5.97 Å². The molecule has 0 radical (unpaired) electrons. The van der Waals surface area contributed by atoms with Crippen molar-refractivity contribution in [3.05, 3.63) is 93.6 Å². The summed E-state index contributed by atoms with van der Waals surface area (Å²) >= 11 is 3.44. The number of benzene rings is 2. The molecule has 0 bridgehead atoms. The Bertz CT molecular complexity index is 1360. The van der Waals surface area contributed by atoms with Gasteiger partial charge < -0.3 is 13.7 Å². The number of carbonyl (C=O) groups excluding carboxylic acids is 1. The van der Waals surface area contributed by atoms with Gasteiger partial charge in [0.1, 0.15) is 11.6 Å². The second kappa shape index (κ2) is 9.67. The molecule has 4 rings (SSSR count). The molecular formula is C25H19BrN4O3. The minimum absolute atomic E-state index is 0.117. The van der Waals surface area contributed by atoms with E-state index in [0.29, 0.717) is 5.89 Å². The number of hydrogen-bond donors (Lipinski definition) is 0. The van der Waals surface area contributed by atoms with Crippen LogP contribution in [0.1, 0.15) is 22.8 Å².